The molecule has 0 aliphatic carbocycles. The molecular formula is C22H19F2N5O2S2. The van der Waals surface area contributed by atoms with Gasteiger partial charge in [0.25, 0.3) is 0 Å². The van der Waals surface area contributed by atoms with Crippen LogP contribution in [0.4, 0.5) is 13.9 Å². The number of carbonyl (C=O) groups is 1. The molecule has 1 fully saturated rings. The van der Waals surface area contributed by atoms with Crippen LogP contribution in [-0.2, 0) is 16.1 Å². The number of carbonyl (C=O) groups excluding carboxylic acids is 1. The fourth-order valence-electron chi connectivity index (χ4n) is 3.60. The quantitative estimate of drug-likeness (QED) is 0.379. The number of nitrogens with one attached hydrogen (secondary N) is 1. The van der Waals surface area contributed by atoms with Crippen molar-refractivity contribution in [3.05, 3.63) is 54.1 Å². The van der Waals surface area contributed by atoms with Gasteiger partial charge in [-0.05, 0) is 55.3 Å². The van der Waals surface area contributed by atoms with E-state index < -0.39 is 0 Å². The summed E-state index contributed by atoms with van der Waals surface area (Å²) in [7, 11) is 0. The number of aromatic nitrogens is 4. The van der Waals surface area contributed by atoms with Crippen molar-refractivity contribution in [2.75, 3.05) is 17.7 Å². The summed E-state index contributed by atoms with van der Waals surface area (Å²) in [5, 5.41) is 12.3. The predicted molar refractivity (Wildman–Crippen MR) is 123 cm³/mol. The number of anilines is 1. The SMILES string of the molecule is O=C(CSc1nnc(-c2ccc(F)cc2)n1CC1CCCO1)Nc1nc2ccc(F)cc2s1. The molecule has 11 heteroatoms. The Labute approximate surface area is 196 Å². The highest BCUT2D eigenvalue weighted by molar-refractivity contribution is 7.99. The zero-order valence-corrected chi connectivity index (χ0v) is 19.0. The number of thioether (sulfide) groups is 1. The molecule has 0 saturated carbocycles. The minimum absolute atomic E-state index is 0.0384. The molecule has 0 bridgehead atoms. The molecule has 1 saturated heterocycles. The lowest BCUT2D eigenvalue weighted by Crippen LogP contribution is -2.18. The van der Waals surface area contributed by atoms with Gasteiger partial charge >= 0.3 is 0 Å². The van der Waals surface area contributed by atoms with E-state index in [2.05, 4.69) is 20.5 Å². The summed E-state index contributed by atoms with van der Waals surface area (Å²) in [6, 6.07) is 10.4. The maximum absolute atomic E-state index is 13.4. The monoisotopic (exact) mass is 487 g/mol. The largest absolute Gasteiger partial charge is 0.376 e. The first kappa shape index (κ1) is 21.9. The van der Waals surface area contributed by atoms with Crippen molar-refractivity contribution in [2.45, 2.75) is 30.6 Å². The molecule has 1 amide bonds. The van der Waals surface area contributed by atoms with Crippen LogP contribution in [0.1, 0.15) is 12.8 Å². The average molecular weight is 488 g/mol. The highest BCUT2D eigenvalue weighted by Gasteiger charge is 2.22. The molecule has 1 aliphatic heterocycles. The molecule has 2 aromatic heterocycles. The fraction of sp³-hybridized carbons (Fsp3) is 0.273. The summed E-state index contributed by atoms with van der Waals surface area (Å²) < 4.78 is 35.1. The normalized spacial score (nSPS) is 15.9. The summed E-state index contributed by atoms with van der Waals surface area (Å²) in [6.45, 7) is 1.27. The van der Waals surface area contributed by atoms with Crippen LogP contribution in [0.5, 0.6) is 0 Å². The summed E-state index contributed by atoms with van der Waals surface area (Å²) in [4.78, 5) is 16.9. The molecule has 3 heterocycles. The maximum atomic E-state index is 13.4. The molecule has 4 aromatic rings. The van der Waals surface area contributed by atoms with Crippen LogP contribution in [0, 0.1) is 11.6 Å². The van der Waals surface area contributed by atoms with Gasteiger partial charge in [0.15, 0.2) is 16.1 Å². The van der Waals surface area contributed by atoms with Gasteiger partial charge in [0.2, 0.25) is 5.91 Å². The van der Waals surface area contributed by atoms with Crippen LogP contribution in [0.3, 0.4) is 0 Å². The number of halogens is 2. The molecule has 0 spiro atoms. The van der Waals surface area contributed by atoms with E-state index in [-0.39, 0.29) is 29.4 Å². The number of nitrogens with zero attached hydrogens (tertiary/aromatic N) is 4. The molecule has 170 valence electrons. The number of amides is 1. The van der Waals surface area contributed by atoms with Gasteiger partial charge in [-0.15, -0.1) is 10.2 Å². The summed E-state index contributed by atoms with van der Waals surface area (Å²) >= 11 is 2.47. The molecule has 7 nitrogen and oxygen atoms in total. The lowest BCUT2D eigenvalue weighted by atomic mass is 10.2. The molecule has 1 aliphatic rings. The summed E-state index contributed by atoms with van der Waals surface area (Å²) in [6.07, 6.45) is 1.97. The number of benzene rings is 2. The second-order valence-electron chi connectivity index (χ2n) is 7.53. The van der Waals surface area contributed by atoms with E-state index in [0.29, 0.717) is 32.9 Å². The Morgan fingerprint density at radius 3 is 2.79 bits per heavy atom. The summed E-state index contributed by atoms with van der Waals surface area (Å²) in [5.41, 5.74) is 1.37. The van der Waals surface area contributed by atoms with E-state index in [0.717, 1.165) is 25.0 Å². The van der Waals surface area contributed by atoms with Crippen molar-refractivity contribution in [1.29, 1.82) is 0 Å². The molecule has 2 aromatic carbocycles. The Hall–Kier alpha value is -2.89. The number of fused-ring (bicyclic) bond motifs is 1. The molecule has 33 heavy (non-hydrogen) atoms. The Kier molecular flexibility index (Phi) is 6.34. The van der Waals surface area contributed by atoms with Crippen molar-refractivity contribution < 1.29 is 18.3 Å². The topological polar surface area (TPSA) is 81.9 Å². The van der Waals surface area contributed by atoms with Crippen molar-refractivity contribution in [2.24, 2.45) is 0 Å². The van der Waals surface area contributed by atoms with Crippen LogP contribution >= 0.6 is 23.1 Å². The molecule has 1 atom stereocenters. The minimum atomic E-state index is -0.345. The van der Waals surface area contributed by atoms with Gasteiger partial charge in [0.05, 0.1) is 28.6 Å². The van der Waals surface area contributed by atoms with Gasteiger partial charge in [-0.2, -0.15) is 0 Å². The third-order valence-corrected chi connectivity index (χ3v) is 7.06. The first-order valence-electron chi connectivity index (χ1n) is 10.3. The van der Waals surface area contributed by atoms with Crippen LogP contribution in [-0.4, -0.2) is 44.1 Å². The second-order valence-corrected chi connectivity index (χ2v) is 9.50. The number of hydrogen-bond donors (Lipinski definition) is 1. The molecule has 1 N–H and O–H groups in total. The lowest BCUT2D eigenvalue weighted by molar-refractivity contribution is -0.113. The fourth-order valence-corrected chi connectivity index (χ4v) is 5.26. The van der Waals surface area contributed by atoms with Crippen molar-refractivity contribution in [3.8, 4) is 11.4 Å². The summed E-state index contributed by atoms with van der Waals surface area (Å²) in [5.74, 6) is -0.233. The minimum Gasteiger partial charge on any atom is -0.376 e. The average Bonchev–Trinajstić information content (AvgIpc) is 3.53. The standard InChI is InChI=1S/C22H19F2N5O2S2/c23-14-5-3-13(4-6-14)20-27-28-22(29(20)11-16-2-1-9-31-16)32-12-19(30)26-21-25-17-8-7-15(24)10-18(17)33-21/h3-8,10,16H,1-2,9,11-12H2,(H,25,26,30). The van der Waals surface area contributed by atoms with E-state index >= 15 is 0 Å². The number of ether oxygens (including phenoxy) is 1. The van der Waals surface area contributed by atoms with E-state index in [1.165, 1.54) is 47.4 Å². The van der Waals surface area contributed by atoms with Gasteiger partial charge in [0, 0.05) is 12.2 Å². The third-order valence-electron chi connectivity index (χ3n) is 5.16. The highest BCUT2D eigenvalue weighted by Crippen LogP contribution is 2.29. The zero-order chi connectivity index (χ0) is 22.8. The Bertz CT molecular complexity index is 1290. The first-order valence-corrected chi connectivity index (χ1v) is 12.1. The predicted octanol–water partition coefficient (Wildman–Crippen LogP) is 4.74. The van der Waals surface area contributed by atoms with Crippen molar-refractivity contribution in [3.63, 3.8) is 0 Å². The zero-order valence-electron chi connectivity index (χ0n) is 17.3. The molecule has 1 unspecified atom stereocenters. The van der Waals surface area contributed by atoms with Crippen LogP contribution in [0.2, 0.25) is 0 Å². The highest BCUT2D eigenvalue weighted by atomic mass is 32.2. The van der Waals surface area contributed by atoms with Crippen LogP contribution in [0.25, 0.3) is 21.6 Å². The lowest BCUT2D eigenvalue weighted by Gasteiger charge is -2.14. The first-order chi connectivity index (χ1) is 16.0. The van der Waals surface area contributed by atoms with E-state index in [4.69, 9.17) is 4.74 Å². The number of thiazole rings is 1. The van der Waals surface area contributed by atoms with E-state index in [1.807, 2.05) is 4.57 Å². The van der Waals surface area contributed by atoms with Crippen molar-refractivity contribution >= 4 is 44.4 Å². The van der Waals surface area contributed by atoms with Gasteiger partial charge in [-0.1, -0.05) is 23.1 Å². The van der Waals surface area contributed by atoms with Crippen LogP contribution < -0.4 is 5.32 Å². The number of rotatable bonds is 7. The van der Waals surface area contributed by atoms with Gasteiger partial charge in [-0.25, -0.2) is 13.8 Å². The van der Waals surface area contributed by atoms with Gasteiger partial charge in [0.1, 0.15) is 11.6 Å². The smallest absolute Gasteiger partial charge is 0.236 e. The number of hydrogen-bond acceptors (Lipinski definition) is 7. The Balaban J connectivity index is 1.31. The van der Waals surface area contributed by atoms with E-state index in [1.54, 1.807) is 18.2 Å². The van der Waals surface area contributed by atoms with Crippen molar-refractivity contribution in [1.82, 2.24) is 19.7 Å². The molecule has 0 radical (unpaired) electrons. The van der Waals surface area contributed by atoms with E-state index in [9.17, 15) is 13.6 Å². The molecular weight excluding hydrogens is 468 g/mol. The maximum Gasteiger partial charge on any atom is 0.236 e. The second kappa shape index (κ2) is 9.54. The Morgan fingerprint density at radius 1 is 1.18 bits per heavy atom. The molecule has 5 rings (SSSR count). The van der Waals surface area contributed by atoms with Gasteiger partial charge in [-0.3, -0.25) is 9.36 Å². The third kappa shape index (κ3) is 5.05. The Morgan fingerprint density at radius 2 is 2.00 bits per heavy atom. The van der Waals surface area contributed by atoms with Gasteiger partial charge < -0.3 is 10.1 Å². The van der Waals surface area contributed by atoms with Crippen LogP contribution in [0.15, 0.2) is 47.6 Å².